The van der Waals surface area contributed by atoms with Crippen LogP contribution in [0, 0.1) is 5.41 Å². The summed E-state index contributed by atoms with van der Waals surface area (Å²) in [6.45, 7) is 3.22. The molecule has 0 N–H and O–H groups in total. The van der Waals surface area contributed by atoms with Crippen LogP contribution in [0.1, 0.15) is 6.42 Å². The van der Waals surface area contributed by atoms with Crippen LogP contribution in [0.2, 0.25) is 0 Å². The van der Waals surface area contributed by atoms with E-state index in [0.717, 1.165) is 12.2 Å². The summed E-state index contributed by atoms with van der Waals surface area (Å²) in [6, 6.07) is 0. The highest BCUT2D eigenvalue weighted by molar-refractivity contribution is 5.24. The van der Waals surface area contributed by atoms with Gasteiger partial charge in [0.15, 0.2) is 0 Å². The van der Waals surface area contributed by atoms with E-state index in [4.69, 9.17) is 0 Å². The molecular formula is C9H9F3. The molecule has 0 bridgehead atoms. The van der Waals surface area contributed by atoms with Gasteiger partial charge in [-0.3, -0.25) is 0 Å². The zero-order valence-corrected chi connectivity index (χ0v) is 6.43. The Kier molecular flexibility index (Phi) is 2.13. The molecule has 0 nitrogen and oxygen atoms in total. The molecule has 12 heavy (non-hydrogen) atoms. The molecule has 0 aromatic rings. The summed E-state index contributed by atoms with van der Waals surface area (Å²) in [6.07, 6.45) is 2.31. The van der Waals surface area contributed by atoms with Crippen LogP contribution < -0.4 is 0 Å². The first kappa shape index (κ1) is 9.10. The second-order valence-electron chi connectivity index (χ2n) is 2.73. The van der Waals surface area contributed by atoms with Crippen molar-refractivity contribution in [2.45, 2.75) is 12.6 Å². The Morgan fingerprint density at radius 1 is 1.33 bits per heavy atom. The van der Waals surface area contributed by atoms with Crippen molar-refractivity contribution in [1.82, 2.24) is 0 Å². The van der Waals surface area contributed by atoms with Gasteiger partial charge in [-0.15, -0.1) is 6.58 Å². The van der Waals surface area contributed by atoms with Crippen LogP contribution >= 0.6 is 0 Å². The molecule has 0 saturated heterocycles. The van der Waals surface area contributed by atoms with Gasteiger partial charge in [0.1, 0.15) is 5.41 Å². The summed E-state index contributed by atoms with van der Waals surface area (Å²) in [5, 5.41) is 0. The van der Waals surface area contributed by atoms with Gasteiger partial charge < -0.3 is 0 Å². The summed E-state index contributed by atoms with van der Waals surface area (Å²) >= 11 is 0. The van der Waals surface area contributed by atoms with Crippen LogP contribution in [0.5, 0.6) is 0 Å². The summed E-state index contributed by atoms with van der Waals surface area (Å²) in [5.74, 6) is 0. The Bertz CT molecular complexity index is 235. The standard InChI is InChI=1S/C9H9F3/c1-2-8(9(10,11)12)6-4-3-5-7-8/h2-6H,1,7H2. The first-order valence-corrected chi connectivity index (χ1v) is 3.56. The van der Waals surface area contributed by atoms with E-state index in [9.17, 15) is 13.2 Å². The number of hydrogen-bond donors (Lipinski definition) is 0. The van der Waals surface area contributed by atoms with Crippen LogP contribution in [0.3, 0.4) is 0 Å². The first-order valence-electron chi connectivity index (χ1n) is 3.56. The molecule has 0 radical (unpaired) electrons. The largest absolute Gasteiger partial charge is 0.401 e. The maximum atomic E-state index is 12.4. The molecule has 0 fully saturated rings. The molecule has 0 saturated carbocycles. The van der Waals surface area contributed by atoms with E-state index >= 15 is 0 Å². The second-order valence-corrected chi connectivity index (χ2v) is 2.73. The van der Waals surface area contributed by atoms with Crippen LogP contribution in [0.25, 0.3) is 0 Å². The van der Waals surface area contributed by atoms with Gasteiger partial charge in [-0.2, -0.15) is 13.2 Å². The van der Waals surface area contributed by atoms with E-state index in [0.29, 0.717) is 0 Å². The fourth-order valence-electron chi connectivity index (χ4n) is 1.11. The highest BCUT2D eigenvalue weighted by Gasteiger charge is 2.50. The maximum absolute atomic E-state index is 12.4. The third-order valence-electron chi connectivity index (χ3n) is 1.99. The zero-order chi connectivity index (χ0) is 9.24. The summed E-state index contributed by atoms with van der Waals surface area (Å²) in [5.41, 5.74) is -1.85. The van der Waals surface area contributed by atoms with Gasteiger partial charge in [0.05, 0.1) is 0 Å². The van der Waals surface area contributed by atoms with Crippen molar-refractivity contribution in [3.05, 3.63) is 37.0 Å². The molecule has 0 spiro atoms. The van der Waals surface area contributed by atoms with Crippen molar-refractivity contribution in [3.63, 3.8) is 0 Å². The van der Waals surface area contributed by atoms with Crippen molar-refractivity contribution in [2.24, 2.45) is 5.41 Å². The molecule has 0 amide bonds. The highest BCUT2D eigenvalue weighted by atomic mass is 19.4. The Hall–Kier alpha value is -0.990. The van der Waals surface area contributed by atoms with Gasteiger partial charge in [-0.1, -0.05) is 30.4 Å². The average Bonchev–Trinajstić information content (AvgIpc) is 2.04. The number of rotatable bonds is 1. The van der Waals surface area contributed by atoms with Crippen molar-refractivity contribution in [1.29, 1.82) is 0 Å². The second kappa shape index (κ2) is 2.81. The van der Waals surface area contributed by atoms with Gasteiger partial charge in [0, 0.05) is 0 Å². The molecule has 1 rings (SSSR count). The molecule has 1 aliphatic carbocycles. The van der Waals surface area contributed by atoms with E-state index in [-0.39, 0.29) is 6.42 Å². The lowest BCUT2D eigenvalue weighted by atomic mass is 9.81. The van der Waals surface area contributed by atoms with Gasteiger partial charge in [0.25, 0.3) is 0 Å². The minimum atomic E-state index is -4.24. The molecule has 1 aliphatic rings. The van der Waals surface area contributed by atoms with E-state index in [1.807, 2.05) is 0 Å². The number of allylic oxidation sites excluding steroid dienone is 5. The predicted octanol–water partition coefficient (Wildman–Crippen LogP) is 3.24. The Morgan fingerprint density at radius 3 is 2.25 bits per heavy atom. The zero-order valence-electron chi connectivity index (χ0n) is 6.43. The van der Waals surface area contributed by atoms with E-state index < -0.39 is 11.6 Å². The number of hydrogen-bond acceptors (Lipinski definition) is 0. The average molecular weight is 174 g/mol. The smallest absolute Gasteiger partial charge is 0.170 e. The van der Waals surface area contributed by atoms with Crippen molar-refractivity contribution >= 4 is 0 Å². The lowest BCUT2D eigenvalue weighted by molar-refractivity contribution is -0.188. The molecule has 1 unspecified atom stereocenters. The maximum Gasteiger partial charge on any atom is 0.401 e. The number of alkyl halides is 3. The normalized spacial score (nSPS) is 28.9. The fraction of sp³-hybridized carbons (Fsp3) is 0.333. The number of halogens is 3. The molecule has 0 aromatic carbocycles. The predicted molar refractivity (Wildman–Crippen MR) is 41.6 cm³/mol. The Labute approximate surface area is 69.1 Å². The van der Waals surface area contributed by atoms with Crippen LogP contribution in [0.4, 0.5) is 13.2 Å². The third-order valence-corrected chi connectivity index (χ3v) is 1.99. The third kappa shape index (κ3) is 1.31. The monoisotopic (exact) mass is 174 g/mol. The minimum Gasteiger partial charge on any atom is -0.170 e. The molecule has 0 heterocycles. The van der Waals surface area contributed by atoms with Crippen molar-refractivity contribution in [3.8, 4) is 0 Å². The molecule has 0 aliphatic heterocycles. The summed E-state index contributed by atoms with van der Waals surface area (Å²) in [7, 11) is 0. The van der Waals surface area contributed by atoms with Crippen LogP contribution in [0.15, 0.2) is 37.0 Å². The quantitative estimate of drug-likeness (QED) is 0.535. The van der Waals surface area contributed by atoms with Crippen molar-refractivity contribution < 1.29 is 13.2 Å². The summed E-state index contributed by atoms with van der Waals surface area (Å²) < 4.78 is 37.3. The molecule has 66 valence electrons. The van der Waals surface area contributed by atoms with Crippen molar-refractivity contribution in [2.75, 3.05) is 0 Å². The van der Waals surface area contributed by atoms with Gasteiger partial charge in [-0.05, 0) is 6.42 Å². The van der Waals surface area contributed by atoms with Crippen LogP contribution in [-0.4, -0.2) is 6.18 Å². The van der Waals surface area contributed by atoms with Gasteiger partial charge in [0.2, 0.25) is 0 Å². The molecule has 1 atom stereocenters. The Balaban J connectivity index is 2.99. The first-order chi connectivity index (χ1) is 5.52. The minimum absolute atomic E-state index is 0.0451. The van der Waals surface area contributed by atoms with Gasteiger partial charge >= 0.3 is 6.18 Å². The van der Waals surface area contributed by atoms with E-state index in [2.05, 4.69) is 6.58 Å². The SMILES string of the molecule is C=CC1(C(F)(F)F)C=CC=CC1. The highest BCUT2D eigenvalue weighted by Crippen LogP contribution is 2.44. The van der Waals surface area contributed by atoms with Gasteiger partial charge in [-0.25, -0.2) is 0 Å². The summed E-state index contributed by atoms with van der Waals surface area (Å²) in [4.78, 5) is 0. The van der Waals surface area contributed by atoms with E-state index in [1.54, 1.807) is 6.08 Å². The fourth-order valence-corrected chi connectivity index (χ4v) is 1.11. The lowest BCUT2D eigenvalue weighted by Gasteiger charge is -2.29. The van der Waals surface area contributed by atoms with Crippen LogP contribution in [-0.2, 0) is 0 Å². The molecular weight excluding hydrogens is 165 g/mol. The van der Waals surface area contributed by atoms with E-state index in [1.165, 1.54) is 12.2 Å². The Morgan fingerprint density at radius 2 is 2.00 bits per heavy atom. The lowest BCUT2D eigenvalue weighted by Crippen LogP contribution is -2.34. The molecule has 0 aromatic heterocycles. The topological polar surface area (TPSA) is 0 Å². The molecule has 3 heteroatoms.